The number of carbonyl (C=O) groups is 3. The molecule has 0 spiro atoms. The number of allylic oxidation sites excluding steroid dienone is 10. The molecule has 1 atom stereocenters. The lowest BCUT2D eigenvalue weighted by molar-refractivity contribution is -0.167. The number of unbranched alkanes of at least 4 members (excludes halogenated alkanes) is 40. The van der Waals surface area contributed by atoms with E-state index in [1.807, 2.05) is 0 Å². The summed E-state index contributed by atoms with van der Waals surface area (Å²) in [5.41, 5.74) is 0. The summed E-state index contributed by atoms with van der Waals surface area (Å²) in [6.07, 6.45) is 82.9. The molecule has 0 saturated carbocycles. The minimum absolute atomic E-state index is 0.0872. The molecule has 0 aliphatic carbocycles. The summed E-state index contributed by atoms with van der Waals surface area (Å²) in [6, 6.07) is 0. The number of hydrogen-bond donors (Lipinski definition) is 0. The largest absolute Gasteiger partial charge is 0.462 e. The molecular formula is C70H126O6. The highest BCUT2D eigenvalue weighted by Crippen LogP contribution is 2.18. The van der Waals surface area contributed by atoms with Gasteiger partial charge in [0.1, 0.15) is 13.2 Å². The molecule has 6 nitrogen and oxygen atoms in total. The van der Waals surface area contributed by atoms with E-state index in [4.69, 9.17) is 14.2 Å². The van der Waals surface area contributed by atoms with Crippen LogP contribution in [0.5, 0.6) is 0 Å². The Kier molecular flexibility index (Phi) is 62.2. The van der Waals surface area contributed by atoms with Crippen molar-refractivity contribution < 1.29 is 28.6 Å². The van der Waals surface area contributed by atoms with Gasteiger partial charge in [-0.05, 0) is 83.5 Å². The van der Waals surface area contributed by atoms with Crippen LogP contribution in [0, 0.1) is 0 Å². The van der Waals surface area contributed by atoms with Crippen LogP contribution < -0.4 is 0 Å². The fourth-order valence-corrected chi connectivity index (χ4v) is 9.79. The monoisotopic (exact) mass is 1060 g/mol. The minimum Gasteiger partial charge on any atom is -0.462 e. The van der Waals surface area contributed by atoms with Crippen molar-refractivity contribution in [3.63, 3.8) is 0 Å². The first-order valence-electron chi connectivity index (χ1n) is 33.3. The van der Waals surface area contributed by atoms with Crippen molar-refractivity contribution in [1.29, 1.82) is 0 Å². The highest BCUT2D eigenvalue weighted by molar-refractivity contribution is 5.71. The van der Waals surface area contributed by atoms with Gasteiger partial charge in [-0.15, -0.1) is 0 Å². The van der Waals surface area contributed by atoms with Crippen LogP contribution in [0.25, 0.3) is 0 Å². The van der Waals surface area contributed by atoms with E-state index >= 15 is 0 Å². The fourth-order valence-electron chi connectivity index (χ4n) is 9.79. The third kappa shape index (κ3) is 62.0. The second-order valence-corrected chi connectivity index (χ2v) is 22.4. The zero-order valence-electron chi connectivity index (χ0n) is 50.8. The summed E-state index contributed by atoms with van der Waals surface area (Å²) >= 11 is 0. The van der Waals surface area contributed by atoms with Crippen molar-refractivity contribution in [1.82, 2.24) is 0 Å². The Bertz CT molecular complexity index is 1360. The normalized spacial score (nSPS) is 12.4. The highest BCUT2D eigenvalue weighted by Gasteiger charge is 2.19. The molecule has 442 valence electrons. The first kappa shape index (κ1) is 73.1. The van der Waals surface area contributed by atoms with Gasteiger partial charge >= 0.3 is 17.9 Å². The molecule has 0 aliphatic heterocycles. The highest BCUT2D eigenvalue weighted by atomic mass is 16.6. The molecule has 76 heavy (non-hydrogen) atoms. The molecule has 0 bridgehead atoms. The van der Waals surface area contributed by atoms with Crippen molar-refractivity contribution >= 4 is 17.9 Å². The Labute approximate surface area is 472 Å². The predicted molar refractivity (Wildman–Crippen MR) is 330 cm³/mol. The van der Waals surface area contributed by atoms with E-state index in [-0.39, 0.29) is 37.5 Å². The molecule has 0 fully saturated rings. The Morgan fingerprint density at radius 2 is 0.513 bits per heavy atom. The first-order valence-corrected chi connectivity index (χ1v) is 33.3. The quantitative estimate of drug-likeness (QED) is 0.0261. The summed E-state index contributed by atoms with van der Waals surface area (Å²) in [5.74, 6) is -0.920. The van der Waals surface area contributed by atoms with Gasteiger partial charge in [0.2, 0.25) is 0 Å². The lowest BCUT2D eigenvalue weighted by Crippen LogP contribution is -2.30. The van der Waals surface area contributed by atoms with Crippen LogP contribution in [0.4, 0.5) is 0 Å². The number of esters is 3. The lowest BCUT2D eigenvalue weighted by Gasteiger charge is -2.18. The summed E-state index contributed by atoms with van der Waals surface area (Å²) in [5, 5.41) is 0. The number of rotatable bonds is 61. The Hall–Kier alpha value is -2.89. The molecule has 0 N–H and O–H groups in total. The SMILES string of the molecule is CC/C=C\C/C=C\C/C=C\C/C=C\CCCCC(=O)OC(COC(=O)CCCCCCCCCC)COC(=O)CCCCCCCCCCCCCCCCCCCCCCCCC/C=C\CCCCCCCCCC. The molecule has 0 aromatic rings. The van der Waals surface area contributed by atoms with Gasteiger partial charge in [0.25, 0.3) is 0 Å². The summed E-state index contributed by atoms with van der Waals surface area (Å²) in [7, 11) is 0. The average molecular weight is 1060 g/mol. The van der Waals surface area contributed by atoms with Gasteiger partial charge in [0.05, 0.1) is 0 Å². The van der Waals surface area contributed by atoms with Gasteiger partial charge in [-0.2, -0.15) is 0 Å². The first-order chi connectivity index (χ1) is 37.5. The third-order valence-electron chi connectivity index (χ3n) is 14.8. The molecule has 0 aromatic heterocycles. The van der Waals surface area contributed by atoms with Crippen molar-refractivity contribution in [2.45, 2.75) is 354 Å². The third-order valence-corrected chi connectivity index (χ3v) is 14.8. The fraction of sp³-hybridized carbons (Fsp3) is 0.814. The molecule has 1 unspecified atom stereocenters. The summed E-state index contributed by atoms with van der Waals surface area (Å²) < 4.78 is 16.8. The van der Waals surface area contributed by atoms with Gasteiger partial charge in [0.15, 0.2) is 6.10 Å². The van der Waals surface area contributed by atoms with Gasteiger partial charge in [0, 0.05) is 19.3 Å². The molecule has 0 aliphatic rings. The second-order valence-electron chi connectivity index (χ2n) is 22.4. The van der Waals surface area contributed by atoms with E-state index in [0.717, 1.165) is 77.0 Å². The maximum Gasteiger partial charge on any atom is 0.306 e. The van der Waals surface area contributed by atoms with E-state index in [2.05, 4.69) is 81.5 Å². The molecular weight excluding hydrogens is 937 g/mol. The van der Waals surface area contributed by atoms with Gasteiger partial charge in [-0.25, -0.2) is 0 Å². The van der Waals surface area contributed by atoms with E-state index in [9.17, 15) is 14.4 Å². The van der Waals surface area contributed by atoms with Gasteiger partial charge < -0.3 is 14.2 Å². The van der Waals surface area contributed by atoms with Crippen LogP contribution in [0.15, 0.2) is 60.8 Å². The molecule has 0 radical (unpaired) electrons. The average Bonchev–Trinajstić information content (AvgIpc) is 3.42. The van der Waals surface area contributed by atoms with Crippen molar-refractivity contribution in [2.75, 3.05) is 13.2 Å². The second kappa shape index (κ2) is 64.6. The number of hydrogen-bond acceptors (Lipinski definition) is 6. The zero-order valence-corrected chi connectivity index (χ0v) is 50.8. The van der Waals surface area contributed by atoms with Crippen LogP contribution in [0.1, 0.15) is 348 Å². The Morgan fingerprint density at radius 3 is 0.842 bits per heavy atom. The minimum atomic E-state index is -0.792. The van der Waals surface area contributed by atoms with E-state index in [0.29, 0.717) is 19.3 Å². The molecule has 0 aromatic carbocycles. The van der Waals surface area contributed by atoms with Gasteiger partial charge in [-0.3, -0.25) is 14.4 Å². The van der Waals surface area contributed by atoms with Crippen molar-refractivity contribution in [3.05, 3.63) is 60.8 Å². The molecule has 6 heteroatoms. The maximum absolute atomic E-state index is 12.8. The Balaban J connectivity index is 3.97. The smallest absolute Gasteiger partial charge is 0.306 e. The molecule has 0 saturated heterocycles. The maximum atomic E-state index is 12.8. The van der Waals surface area contributed by atoms with Crippen LogP contribution >= 0.6 is 0 Å². The van der Waals surface area contributed by atoms with Crippen LogP contribution in [-0.4, -0.2) is 37.2 Å². The number of ether oxygens (including phenoxy) is 3. The van der Waals surface area contributed by atoms with E-state index in [1.54, 1.807) is 0 Å². The number of carbonyl (C=O) groups excluding carboxylic acids is 3. The van der Waals surface area contributed by atoms with Crippen LogP contribution in [0.2, 0.25) is 0 Å². The predicted octanol–water partition coefficient (Wildman–Crippen LogP) is 22.7. The van der Waals surface area contributed by atoms with Crippen molar-refractivity contribution in [2.24, 2.45) is 0 Å². The van der Waals surface area contributed by atoms with Crippen molar-refractivity contribution in [3.8, 4) is 0 Å². The van der Waals surface area contributed by atoms with E-state index < -0.39 is 6.10 Å². The summed E-state index contributed by atoms with van der Waals surface area (Å²) in [6.45, 7) is 6.49. The molecule has 0 rings (SSSR count). The summed E-state index contributed by atoms with van der Waals surface area (Å²) in [4.78, 5) is 38.0. The van der Waals surface area contributed by atoms with E-state index in [1.165, 1.54) is 225 Å². The zero-order chi connectivity index (χ0) is 55.0. The van der Waals surface area contributed by atoms with Gasteiger partial charge in [-0.1, -0.05) is 306 Å². The molecule has 0 heterocycles. The Morgan fingerprint density at radius 1 is 0.276 bits per heavy atom. The van der Waals surface area contributed by atoms with Crippen LogP contribution in [0.3, 0.4) is 0 Å². The lowest BCUT2D eigenvalue weighted by atomic mass is 10.0. The van der Waals surface area contributed by atoms with Crippen LogP contribution in [-0.2, 0) is 28.6 Å². The molecule has 0 amide bonds. The standard InChI is InChI=1S/C70H126O6/c1-4-7-10-13-16-19-21-23-25-26-27-28-29-30-31-32-33-34-35-36-37-38-39-40-41-42-43-44-46-47-49-51-54-57-60-63-69(72)75-66-67(65-74-68(71)62-59-56-53-18-15-12-9-6-3)76-70(73)64-61-58-55-52-50-48-45-24-22-20-17-14-11-8-5-2/h8,11,17,20,24,26-27,45,50,52,67H,4-7,9-10,12-16,18-19,21-23,25,28-44,46-49,51,53-66H2,1-3H3/b11-8-,20-17-,27-26-,45-24-,52-50-. The topological polar surface area (TPSA) is 78.9 Å².